The molecular weight excluding hydrogens is 155 g/mol. The van der Waals surface area contributed by atoms with Gasteiger partial charge < -0.3 is 0 Å². The van der Waals surface area contributed by atoms with E-state index in [4.69, 9.17) is 0 Å². The molecule has 0 aliphatic heterocycles. The maximum atomic E-state index is 11.9. The molecule has 4 heteroatoms. The van der Waals surface area contributed by atoms with E-state index in [1.54, 1.807) is 0 Å². The maximum Gasteiger partial charge on any atom is 0.302 e. The Labute approximate surface area is 61.7 Å². The van der Waals surface area contributed by atoms with E-state index in [-0.39, 0.29) is 11.2 Å². The van der Waals surface area contributed by atoms with Crippen molar-refractivity contribution in [2.75, 3.05) is 5.75 Å². The van der Waals surface area contributed by atoms with Crippen LogP contribution >= 0.6 is 0 Å². The molecule has 0 saturated heterocycles. The molecule has 0 spiro atoms. The third kappa shape index (κ3) is 7.88. The van der Waals surface area contributed by atoms with E-state index >= 15 is 0 Å². The quantitative estimate of drug-likeness (QED) is 0.588. The second-order valence-electron chi connectivity index (χ2n) is 3.55. The Balaban J connectivity index is 3.79. The Kier molecular flexibility index (Phi) is 2.83. The molecule has 0 bridgehead atoms. The van der Waals surface area contributed by atoms with Crippen molar-refractivity contribution in [3.63, 3.8) is 0 Å². The Hall–Kier alpha value is -0.120. The molecule has 10 heavy (non-hydrogen) atoms. The fraction of sp³-hybridized carbons (Fsp3) is 1.00. The molecule has 0 aliphatic carbocycles. The van der Waals surface area contributed by atoms with Gasteiger partial charge in [0.2, 0.25) is 0 Å². The average Bonchev–Trinajstić information content (AvgIpc) is 1.57. The predicted octanol–water partition coefficient (Wildman–Crippen LogP) is 1.72. The van der Waals surface area contributed by atoms with Crippen molar-refractivity contribution in [3.8, 4) is 0 Å². The van der Waals surface area contributed by atoms with Gasteiger partial charge in [-0.15, -0.1) is 3.89 Å². The van der Waals surface area contributed by atoms with Gasteiger partial charge in [0.25, 0.3) is 0 Å². The van der Waals surface area contributed by atoms with Crippen LogP contribution in [0.15, 0.2) is 0 Å². The summed E-state index contributed by atoms with van der Waals surface area (Å²) in [6.45, 7) is 5.62. The van der Waals surface area contributed by atoms with E-state index in [2.05, 4.69) is 0 Å². The van der Waals surface area contributed by atoms with Gasteiger partial charge in [-0.1, -0.05) is 20.8 Å². The largest absolute Gasteiger partial charge is 0.302 e. The van der Waals surface area contributed by atoms with Crippen molar-refractivity contribution in [2.45, 2.75) is 27.2 Å². The monoisotopic (exact) mass is 168 g/mol. The van der Waals surface area contributed by atoms with Crippen molar-refractivity contribution < 1.29 is 12.3 Å². The first-order chi connectivity index (χ1) is 4.21. The number of hydrogen-bond donors (Lipinski definition) is 0. The Morgan fingerprint density at radius 3 is 1.80 bits per heavy atom. The minimum absolute atomic E-state index is 0.112. The van der Waals surface area contributed by atoms with Crippen LogP contribution in [-0.2, 0) is 10.2 Å². The van der Waals surface area contributed by atoms with Crippen LogP contribution in [0.4, 0.5) is 3.89 Å². The van der Waals surface area contributed by atoms with Crippen LogP contribution in [0.25, 0.3) is 0 Å². The molecule has 0 fully saturated rings. The van der Waals surface area contributed by atoms with Crippen LogP contribution in [0.3, 0.4) is 0 Å². The van der Waals surface area contributed by atoms with Crippen molar-refractivity contribution in [1.82, 2.24) is 0 Å². The molecule has 62 valence electrons. The van der Waals surface area contributed by atoms with Gasteiger partial charge in [0.15, 0.2) is 0 Å². The van der Waals surface area contributed by atoms with Crippen molar-refractivity contribution >= 4 is 10.2 Å². The molecule has 0 amide bonds. The molecule has 0 radical (unpaired) electrons. The highest BCUT2D eigenvalue weighted by Crippen LogP contribution is 2.19. The molecule has 0 heterocycles. The first kappa shape index (κ1) is 9.88. The number of halogens is 1. The number of hydrogen-bond acceptors (Lipinski definition) is 2. The van der Waals surface area contributed by atoms with Gasteiger partial charge in [0, 0.05) is 0 Å². The van der Waals surface area contributed by atoms with Crippen LogP contribution in [0.2, 0.25) is 0 Å². The van der Waals surface area contributed by atoms with E-state index in [1.165, 1.54) is 0 Å². The minimum atomic E-state index is -4.26. The Morgan fingerprint density at radius 2 is 1.70 bits per heavy atom. The first-order valence-corrected chi connectivity index (χ1v) is 4.68. The van der Waals surface area contributed by atoms with Crippen LogP contribution < -0.4 is 0 Å². The third-order valence-electron chi connectivity index (χ3n) is 1.10. The molecule has 0 saturated carbocycles. The van der Waals surface area contributed by atoms with E-state index in [0.29, 0.717) is 6.42 Å². The van der Waals surface area contributed by atoms with Gasteiger partial charge in [-0.05, 0) is 11.8 Å². The molecule has 0 aromatic carbocycles. The second kappa shape index (κ2) is 2.86. The third-order valence-corrected chi connectivity index (χ3v) is 1.79. The normalized spacial score (nSPS) is 13.6. The van der Waals surface area contributed by atoms with Crippen LogP contribution in [-0.4, -0.2) is 14.2 Å². The topological polar surface area (TPSA) is 34.1 Å². The summed E-state index contributed by atoms with van der Waals surface area (Å²) < 4.78 is 31.9. The highest BCUT2D eigenvalue weighted by molar-refractivity contribution is 7.86. The zero-order chi connectivity index (χ0) is 8.41. The highest BCUT2D eigenvalue weighted by atomic mass is 32.3. The zero-order valence-corrected chi connectivity index (χ0v) is 7.33. The van der Waals surface area contributed by atoms with Crippen LogP contribution in [0, 0.1) is 5.41 Å². The first-order valence-electron chi connectivity index (χ1n) is 3.13. The molecule has 0 N–H and O–H groups in total. The molecule has 0 aliphatic rings. The van der Waals surface area contributed by atoms with Crippen molar-refractivity contribution in [3.05, 3.63) is 0 Å². The zero-order valence-electron chi connectivity index (χ0n) is 6.52. The van der Waals surface area contributed by atoms with Crippen molar-refractivity contribution in [1.29, 1.82) is 0 Å². The maximum absolute atomic E-state index is 11.9. The van der Waals surface area contributed by atoms with E-state index < -0.39 is 10.2 Å². The molecular formula is C6H13FO2S. The molecule has 0 unspecified atom stereocenters. The van der Waals surface area contributed by atoms with Gasteiger partial charge in [-0.2, -0.15) is 8.42 Å². The fourth-order valence-corrected chi connectivity index (χ4v) is 1.28. The lowest BCUT2D eigenvalue weighted by molar-refractivity contribution is 0.394. The van der Waals surface area contributed by atoms with Crippen molar-refractivity contribution in [2.24, 2.45) is 5.41 Å². The second-order valence-corrected chi connectivity index (χ2v) is 5.04. The summed E-state index contributed by atoms with van der Waals surface area (Å²) in [7, 11) is -4.26. The van der Waals surface area contributed by atoms with Gasteiger partial charge in [0.05, 0.1) is 5.75 Å². The van der Waals surface area contributed by atoms with E-state index in [0.717, 1.165) is 0 Å². The van der Waals surface area contributed by atoms with Gasteiger partial charge >= 0.3 is 10.2 Å². The lowest BCUT2D eigenvalue weighted by Gasteiger charge is -2.15. The molecule has 0 atom stereocenters. The number of rotatable bonds is 2. The van der Waals surface area contributed by atoms with E-state index in [1.807, 2.05) is 20.8 Å². The SMILES string of the molecule is CC(C)(C)CCS(=O)(=O)F. The summed E-state index contributed by atoms with van der Waals surface area (Å²) in [5, 5.41) is 0. The Bertz CT molecular complexity index is 188. The summed E-state index contributed by atoms with van der Waals surface area (Å²) in [5.74, 6) is -0.365. The summed E-state index contributed by atoms with van der Waals surface area (Å²) in [5.41, 5.74) is -0.112. The lowest BCUT2D eigenvalue weighted by atomic mass is 9.94. The molecule has 0 rings (SSSR count). The summed E-state index contributed by atoms with van der Waals surface area (Å²) in [6.07, 6.45) is 0.367. The van der Waals surface area contributed by atoms with Gasteiger partial charge in [0.1, 0.15) is 0 Å². The lowest BCUT2D eigenvalue weighted by Crippen LogP contribution is -2.11. The molecule has 0 aromatic heterocycles. The van der Waals surface area contributed by atoms with E-state index in [9.17, 15) is 12.3 Å². The molecule has 0 aromatic rings. The Morgan fingerprint density at radius 1 is 1.30 bits per heavy atom. The predicted molar refractivity (Wildman–Crippen MR) is 39.0 cm³/mol. The van der Waals surface area contributed by atoms with Gasteiger partial charge in [-0.25, -0.2) is 0 Å². The van der Waals surface area contributed by atoms with Gasteiger partial charge in [-0.3, -0.25) is 0 Å². The minimum Gasteiger partial charge on any atom is -0.195 e. The van der Waals surface area contributed by atoms with Crippen LogP contribution in [0.5, 0.6) is 0 Å². The average molecular weight is 168 g/mol. The highest BCUT2D eigenvalue weighted by Gasteiger charge is 2.15. The summed E-state index contributed by atoms with van der Waals surface area (Å²) in [6, 6.07) is 0. The standard InChI is InChI=1S/C6H13FO2S/c1-6(2,3)4-5-10(7,8)9/h4-5H2,1-3H3. The van der Waals surface area contributed by atoms with Crippen LogP contribution in [0.1, 0.15) is 27.2 Å². The molecule has 2 nitrogen and oxygen atoms in total. The fourth-order valence-electron chi connectivity index (χ4n) is 0.428. The summed E-state index contributed by atoms with van der Waals surface area (Å²) >= 11 is 0. The summed E-state index contributed by atoms with van der Waals surface area (Å²) in [4.78, 5) is 0. The smallest absolute Gasteiger partial charge is 0.195 e.